The molecular weight excluding hydrogens is 527 g/mol. The van der Waals surface area contributed by atoms with Crippen LogP contribution in [0.4, 0.5) is 11.4 Å². The van der Waals surface area contributed by atoms with Gasteiger partial charge in [0.05, 0.1) is 5.52 Å². The SMILES string of the molecule is Cc1cc(-c2cc3sc4ccccc4c3cc2Nc2ccccc2C)c2c(c1)-n1c3ccccc3c3cccc(c31)[B]2. The van der Waals surface area contributed by atoms with E-state index in [2.05, 4.69) is 146 Å². The van der Waals surface area contributed by atoms with Gasteiger partial charge in [0.2, 0.25) is 0 Å². The van der Waals surface area contributed by atoms with Gasteiger partial charge in [0.15, 0.2) is 7.28 Å². The van der Waals surface area contributed by atoms with Gasteiger partial charge in [-0.2, -0.15) is 0 Å². The van der Waals surface area contributed by atoms with Crippen LogP contribution in [-0.4, -0.2) is 11.8 Å². The number of fused-ring (bicyclic) bond motifs is 8. The van der Waals surface area contributed by atoms with Crippen molar-refractivity contribution in [1.29, 1.82) is 0 Å². The average Bonchev–Trinajstić information content (AvgIpc) is 3.55. The van der Waals surface area contributed by atoms with E-state index in [-0.39, 0.29) is 0 Å². The number of hydrogen-bond donors (Lipinski definition) is 1. The van der Waals surface area contributed by atoms with Gasteiger partial charge in [-0.05, 0) is 72.4 Å². The van der Waals surface area contributed by atoms with Crippen molar-refractivity contribution in [2.24, 2.45) is 0 Å². The zero-order chi connectivity index (χ0) is 27.9. The second-order valence-electron chi connectivity index (χ2n) is 11.4. The molecular formula is C38H26BN2S. The second-order valence-corrected chi connectivity index (χ2v) is 12.5. The van der Waals surface area contributed by atoms with E-state index in [0.717, 1.165) is 11.4 Å². The van der Waals surface area contributed by atoms with Gasteiger partial charge < -0.3 is 9.88 Å². The van der Waals surface area contributed by atoms with Crippen molar-refractivity contribution in [1.82, 2.24) is 4.57 Å². The van der Waals surface area contributed by atoms with Crippen LogP contribution in [0.1, 0.15) is 11.1 Å². The van der Waals surface area contributed by atoms with Crippen LogP contribution in [0.2, 0.25) is 0 Å². The van der Waals surface area contributed by atoms with Gasteiger partial charge in [0.25, 0.3) is 0 Å². The van der Waals surface area contributed by atoms with Crippen LogP contribution in [0.3, 0.4) is 0 Å². The molecule has 1 aliphatic heterocycles. The van der Waals surface area contributed by atoms with E-state index in [1.54, 1.807) is 0 Å². The lowest BCUT2D eigenvalue weighted by molar-refractivity contribution is 1.18. The fraction of sp³-hybridized carbons (Fsp3) is 0.0526. The number of para-hydroxylation sites is 3. The first kappa shape index (κ1) is 23.9. The van der Waals surface area contributed by atoms with Gasteiger partial charge in [0, 0.05) is 59.1 Å². The third kappa shape index (κ3) is 3.39. The van der Waals surface area contributed by atoms with E-state index in [1.807, 2.05) is 11.3 Å². The molecule has 2 nitrogen and oxygen atoms in total. The molecule has 0 bridgehead atoms. The lowest BCUT2D eigenvalue weighted by Gasteiger charge is -2.25. The van der Waals surface area contributed by atoms with E-state index in [9.17, 15) is 0 Å². The highest BCUT2D eigenvalue weighted by molar-refractivity contribution is 7.25. The highest BCUT2D eigenvalue weighted by Crippen LogP contribution is 2.42. The van der Waals surface area contributed by atoms with Gasteiger partial charge in [-0.1, -0.05) is 84.3 Å². The fourth-order valence-electron chi connectivity index (χ4n) is 6.86. The number of anilines is 2. The highest BCUT2D eigenvalue weighted by atomic mass is 32.1. The van der Waals surface area contributed by atoms with Crippen molar-refractivity contribution in [3.63, 3.8) is 0 Å². The number of nitrogens with one attached hydrogen (secondary N) is 1. The smallest absolute Gasteiger partial charge is 0.197 e. The molecule has 0 saturated heterocycles. The Kier molecular flexibility index (Phi) is 5.03. The molecule has 0 spiro atoms. The Labute approximate surface area is 249 Å². The predicted octanol–water partition coefficient (Wildman–Crippen LogP) is 9.15. The molecule has 0 atom stereocenters. The van der Waals surface area contributed by atoms with Gasteiger partial charge in [-0.15, -0.1) is 11.3 Å². The van der Waals surface area contributed by atoms with E-state index in [0.29, 0.717) is 0 Å². The number of hydrogen-bond acceptors (Lipinski definition) is 2. The van der Waals surface area contributed by atoms with E-state index in [4.69, 9.17) is 0 Å². The molecule has 9 rings (SSSR count). The number of nitrogens with zero attached hydrogens (tertiary/aromatic N) is 1. The van der Waals surface area contributed by atoms with Gasteiger partial charge >= 0.3 is 0 Å². The third-order valence-corrected chi connectivity index (χ3v) is 9.92. The predicted molar refractivity (Wildman–Crippen MR) is 183 cm³/mol. The standard InChI is InChI=1S/C38H26BN2S/c1-22-18-29(37-34(19-22)41-33-16-7-4-11-24(33)26-13-9-14-30(39-37)38(26)41)27-21-36-28(25-12-5-8-17-35(25)42-36)20-32(27)40-31-15-6-3-10-23(31)2/h3-21,40H,1-2H3. The number of aromatic nitrogens is 1. The molecule has 2 aromatic heterocycles. The van der Waals surface area contributed by atoms with E-state index in [1.165, 1.54) is 80.8 Å². The number of thiophene rings is 1. The number of aryl methyl sites for hydroxylation is 2. The fourth-order valence-corrected chi connectivity index (χ4v) is 7.99. The first-order chi connectivity index (χ1) is 20.6. The summed E-state index contributed by atoms with van der Waals surface area (Å²) >= 11 is 1.87. The topological polar surface area (TPSA) is 17.0 Å². The molecule has 8 aromatic rings. The van der Waals surface area contributed by atoms with Crippen molar-refractivity contribution < 1.29 is 0 Å². The van der Waals surface area contributed by atoms with Gasteiger partial charge in [-0.3, -0.25) is 0 Å². The minimum Gasteiger partial charge on any atom is -0.355 e. The Bertz CT molecular complexity index is 2390. The van der Waals surface area contributed by atoms with Gasteiger partial charge in [-0.25, -0.2) is 0 Å². The Balaban J connectivity index is 1.36. The summed E-state index contributed by atoms with van der Waals surface area (Å²) in [5.41, 5.74) is 13.5. The zero-order valence-electron chi connectivity index (χ0n) is 23.4. The summed E-state index contributed by atoms with van der Waals surface area (Å²) in [5, 5.41) is 9.07. The maximum absolute atomic E-state index is 3.86. The van der Waals surface area contributed by atoms with Crippen LogP contribution in [0.5, 0.6) is 0 Å². The minimum atomic E-state index is 1.13. The average molecular weight is 554 g/mol. The summed E-state index contributed by atoms with van der Waals surface area (Å²) in [6.45, 7) is 4.39. The van der Waals surface area contributed by atoms with E-state index < -0.39 is 0 Å². The number of benzene rings is 6. The van der Waals surface area contributed by atoms with Crippen LogP contribution < -0.4 is 16.2 Å². The van der Waals surface area contributed by atoms with Crippen LogP contribution in [0, 0.1) is 13.8 Å². The normalized spacial score (nSPS) is 12.2. The highest BCUT2D eigenvalue weighted by Gasteiger charge is 2.26. The zero-order valence-corrected chi connectivity index (χ0v) is 24.2. The Hall–Kier alpha value is -4.80. The molecule has 1 aliphatic rings. The summed E-state index contributed by atoms with van der Waals surface area (Å²) in [6.07, 6.45) is 0. The summed E-state index contributed by atoms with van der Waals surface area (Å²) in [6, 6.07) is 42.3. The first-order valence-electron chi connectivity index (χ1n) is 14.4. The second kappa shape index (κ2) is 8.85. The Morgan fingerprint density at radius 2 is 1.40 bits per heavy atom. The monoisotopic (exact) mass is 553 g/mol. The van der Waals surface area contributed by atoms with Crippen molar-refractivity contribution in [2.45, 2.75) is 13.8 Å². The molecule has 0 amide bonds. The molecule has 0 saturated carbocycles. The van der Waals surface area contributed by atoms with Crippen LogP contribution in [-0.2, 0) is 0 Å². The molecule has 0 fully saturated rings. The van der Waals surface area contributed by atoms with Crippen molar-refractivity contribution in [3.8, 4) is 16.8 Å². The molecule has 42 heavy (non-hydrogen) atoms. The maximum Gasteiger partial charge on any atom is 0.197 e. The molecule has 197 valence electrons. The van der Waals surface area contributed by atoms with Crippen LogP contribution in [0.25, 0.3) is 58.8 Å². The van der Waals surface area contributed by atoms with Crippen LogP contribution >= 0.6 is 11.3 Å². The largest absolute Gasteiger partial charge is 0.355 e. The molecule has 0 unspecified atom stereocenters. The first-order valence-corrected chi connectivity index (χ1v) is 15.3. The lowest BCUT2D eigenvalue weighted by atomic mass is 9.59. The van der Waals surface area contributed by atoms with E-state index >= 15 is 0 Å². The lowest BCUT2D eigenvalue weighted by Crippen LogP contribution is -2.37. The van der Waals surface area contributed by atoms with Crippen molar-refractivity contribution in [3.05, 3.63) is 126 Å². The Morgan fingerprint density at radius 1 is 0.619 bits per heavy atom. The molecule has 6 aromatic carbocycles. The summed E-state index contributed by atoms with van der Waals surface area (Å²) in [5.74, 6) is 0. The summed E-state index contributed by atoms with van der Waals surface area (Å²) in [4.78, 5) is 0. The molecule has 3 heterocycles. The Morgan fingerprint density at radius 3 is 2.31 bits per heavy atom. The summed E-state index contributed by atoms with van der Waals surface area (Å²) < 4.78 is 5.11. The minimum absolute atomic E-state index is 1.13. The quantitative estimate of drug-likeness (QED) is 0.216. The van der Waals surface area contributed by atoms with Gasteiger partial charge in [0.1, 0.15) is 0 Å². The third-order valence-electron chi connectivity index (χ3n) is 8.79. The van der Waals surface area contributed by atoms with Crippen molar-refractivity contribution >= 4 is 82.9 Å². The molecule has 1 radical (unpaired) electrons. The van der Waals surface area contributed by atoms with Crippen LogP contribution in [0.15, 0.2) is 115 Å². The molecule has 0 aliphatic carbocycles. The molecule has 1 N–H and O–H groups in total. The summed E-state index contributed by atoms with van der Waals surface area (Å²) in [7, 11) is 2.40. The maximum atomic E-state index is 3.86. The van der Waals surface area contributed by atoms with Crippen molar-refractivity contribution in [2.75, 3.05) is 5.32 Å². The number of rotatable bonds is 3. The molecule has 4 heteroatoms.